The van der Waals surface area contributed by atoms with Crippen molar-refractivity contribution in [3.05, 3.63) is 35.6 Å². The van der Waals surface area contributed by atoms with E-state index in [0.717, 1.165) is 0 Å². The van der Waals surface area contributed by atoms with E-state index in [-0.39, 0.29) is 24.4 Å². The van der Waals surface area contributed by atoms with Crippen LogP contribution in [0.2, 0.25) is 0 Å². The molecule has 1 amide bonds. The second-order valence-corrected chi connectivity index (χ2v) is 5.40. The molecule has 0 saturated carbocycles. The molecule has 0 fully saturated rings. The molecule has 24 heavy (non-hydrogen) atoms. The zero-order chi connectivity index (χ0) is 18.3. The summed E-state index contributed by atoms with van der Waals surface area (Å²) in [4.78, 5) is 35.9. The molecule has 132 valence electrons. The Bertz CT molecular complexity index is 619. The van der Waals surface area contributed by atoms with Crippen LogP contribution in [0, 0.1) is 5.82 Å². The molecule has 0 saturated heterocycles. The minimum Gasteiger partial charge on any atom is -0.464 e. The Labute approximate surface area is 140 Å². The Balaban J connectivity index is 3.08. The van der Waals surface area contributed by atoms with Gasteiger partial charge in [-0.25, -0.2) is 9.18 Å². The van der Waals surface area contributed by atoms with E-state index in [1.54, 1.807) is 13.0 Å². The lowest BCUT2D eigenvalue weighted by molar-refractivity contribution is -0.153. The van der Waals surface area contributed by atoms with Crippen LogP contribution in [0.3, 0.4) is 0 Å². The molecule has 0 unspecified atom stereocenters. The number of esters is 1. The van der Waals surface area contributed by atoms with Crippen LogP contribution in [0.15, 0.2) is 24.3 Å². The first kappa shape index (κ1) is 19.8. The number of carbonyl (C=O) groups excluding carboxylic acids is 3. The summed E-state index contributed by atoms with van der Waals surface area (Å²) in [5.74, 6) is -2.38. The first-order valence-electron chi connectivity index (χ1n) is 7.53. The van der Waals surface area contributed by atoms with Crippen molar-refractivity contribution in [2.24, 2.45) is 0 Å². The number of nitrogens with one attached hydrogen (secondary N) is 1. The number of ketones is 1. The van der Waals surface area contributed by atoms with Gasteiger partial charge in [0.1, 0.15) is 17.6 Å². The van der Waals surface area contributed by atoms with Crippen molar-refractivity contribution in [3.63, 3.8) is 0 Å². The van der Waals surface area contributed by atoms with Crippen LogP contribution in [-0.2, 0) is 29.5 Å². The van der Waals surface area contributed by atoms with Crippen molar-refractivity contribution < 1.29 is 28.2 Å². The third-order valence-electron chi connectivity index (χ3n) is 3.60. The Kier molecular flexibility index (Phi) is 7.03. The molecule has 0 aromatic heterocycles. The van der Waals surface area contributed by atoms with Crippen LogP contribution in [0.1, 0.15) is 32.8 Å². The van der Waals surface area contributed by atoms with Crippen LogP contribution in [0.5, 0.6) is 0 Å². The molecule has 0 radical (unpaired) electrons. The summed E-state index contributed by atoms with van der Waals surface area (Å²) in [6.45, 7) is 4.41. The Morgan fingerprint density at radius 3 is 2.42 bits per heavy atom. The fourth-order valence-electron chi connectivity index (χ4n) is 2.19. The maximum atomic E-state index is 14.1. The van der Waals surface area contributed by atoms with Gasteiger partial charge in [0.2, 0.25) is 0 Å². The summed E-state index contributed by atoms with van der Waals surface area (Å²) in [7, 11) is 1.26. The third kappa shape index (κ3) is 4.61. The van der Waals surface area contributed by atoms with Gasteiger partial charge in [-0.1, -0.05) is 18.2 Å². The minimum absolute atomic E-state index is 0.0235. The van der Waals surface area contributed by atoms with E-state index >= 15 is 0 Å². The molecule has 2 atom stereocenters. The lowest BCUT2D eigenvalue weighted by atomic mass is 9.93. The molecule has 0 aliphatic rings. The lowest BCUT2D eigenvalue weighted by Gasteiger charge is -2.29. The Morgan fingerprint density at radius 1 is 1.29 bits per heavy atom. The Morgan fingerprint density at radius 2 is 1.92 bits per heavy atom. The van der Waals surface area contributed by atoms with Gasteiger partial charge in [-0.15, -0.1) is 0 Å². The molecule has 0 bridgehead atoms. The normalized spacial score (nSPS) is 14.4. The third-order valence-corrected chi connectivity index (χ3v) is 3.60. The van der Waals surface area contributed by atoms with Crippen molar-refractivity contribution in [1.29, 1.82) is 0 Å². The van der Waals surface area contributed by atoms with Crippen molar-refractivity contribution in [3.8, 4) is 0 Å². The summed E-state index contributed by atoms with van der Waals surface area (Å²) in [5.41, 5.74) is -1.64. The van der Waals surface area contributed by atoms with E-state index in [2.05, 4.69) is 5.32 Å². The van der Waals surface area contributed by atoms with E-state index in [1.165, 1.54) is 39.2 Å². The SMILES string of the molecule is CCOC(=O)[C@@H](CC(C)=O)NC(=O)[C@](C)(OC)c1ccccc1F. The number of ether oxygens (including phenoxy) is 2. The zero-order valence-electron chi connectivity index (χ0n) is 14.2. The van der Waals surface area contributed by atoms with Gasteiger partial charge in [0, 0.05) is 19.1 Å². The number of amides is 1. The highest BCUT2D eigenvalue weighted by Gasteiger charge is 2.39. The quantitative estimate of drug-likeness (QED) is 0.729. The maximum absolute atomic E-state index is 14.1. The molecule has 1 N–H and O–H groups in total. The van der Waals surface area contributed by atoms with Crippen molar-refractivity contribution >= 4 is 17.7 Å². The lowest BCUT2D eigenvalue weighted by Crippen LogP contribution is -2.51. The van der Waals surface area contributed by atoms with Gasteiger partial charge < -0.3 is 14.8 Å². The number of halogens is 1. The van der Waals surface area contributed by atoms with E-state index in [0.29, 0.717) is 0 Å². The van der Waals surface area contributed by atoms with Gasteiger partial charge in [-0.05, 0) is 26.8 Å². The maximum Gasteiger partial charge on any atom is 0.329 e. The molecular formula is C17H22FNO5. The zero-order valence-corrected chi connectivity index (χ0v) is 14.2. The summed E-state index contributed by atoms with van der Waals surface area (Å²) in [6, 6.07) is 4.53. The summed E-state index contributed by atoms with van der Waals surface area (Å²) >= 11 is 0. The number of hydrogen-bond donors (Lipinski definition) is 1. The summed E-state index contributed by atoms with van der Waals surface area (Å²) in [5, 5.41) is 2.42. The van der Waals surface area contributed by atoms with Gasteiger partial charge in [0.25, 0.3) is 5.91 Å². The second kappa shape index (κ2) is 8.54. The van der Waals surface area contributed by atoms with Gasteiger partial charge in [0.05, 0.1) is 6.61 Å². The highest BCUT2D eigenvalue weighted by Crippen LogP contribution is 2.27. The van der Waals surface area contributed by atoms with Crippen LogP contribution in [-0.4, -0.2) is 37.4 Å². The van der Waals surface area contributed by atoms with Gasteiger partial charge in [-0.3, -0.25) is 9.59 Å². The van der Waals surface area contributed by atoms with Crippen LogP contribution in [0.4, 0.5) is 4.39 Å². The van der Waals surface area contributed by atoms with Crippen molar-refractivity contribution in [1.82, 2.24) is 5.32 Å². The standard InChI is InChI=1S/C17H22FNO5/c1-5-24-15(21)14(10-11(2)20)19-16(22)17(3,23-4)12-8-6-7-9-13(12)18/h6-9,14H,5,10H2,1-4H3,(H,19,22)/t14-,17-/m1/s1. The molecule has 7 heteroatoms. The first-order valence-corrected chi connectivity index (χ1v) is 7.53. The van der Waals surface area contributed by atoms with Gasteiger partial charge >= 0.3 is 5.97 Å². The largest absolute Gasteiger partial charge is 0.464 e. The number of rotatable bonds is 8. The predicted molar refractivity (Wildman–Crippen MR) is 84.6 cm³/mol. The van der Waals surface area contributed by atoms with Gasteiger partial charge in [0.15, 0.2) is 5.60 Å². The van der Waals surface area contributed by atoms with Crippen molar-refractivity contribution in [2.45, 2.75) is 38.8 Å². The molecular weight excluding hydrogens is 317 g/mol. The van der Waals surface area contributed by atoms with Crippen LogP contribution < -0.4 is 5.32 Å². The molecule has 0 spiro atoms. The Hall–Kier alpha value is -2.28. The van der Waals surface area contributed by atoms with Crippen LogP contribution >= 0.6 is 0 Å². The highest BCUT2D eigenvalue weighted by atomic mass is 19.1. The second-order valence-electron chi connectivity index (χ2n) is 5.40. The van der Waals surface area contributed by atoms with E-state index in [9.17, 15) is 18.8 Å². The van der Waals surface area contributed by atoms with Crippen LogP contribution in [0.25, 0.3) is 0 Å². The molecule has 1 aromatic carbocycles. The topological polar surface area (TPSA) is 81.7 Å². The van der Waals surface area contributed by atoms with Gasteiger partial charge in [-0.2, -0.15) is 0 Å². The van der Waals surface area contributed by atoms with E-state index in [1.807, 2.05) is 0 Å². The fourth-order valence-corrected chi connectivity index (χ4v) is 2.19. The minimum atomic E-state index is -1.66. The molecule has 1 aromatic rings. The van der Waals surface area contributed by atoms with E-state index < -0.39 is 29.3 Å². The number of Topliss-reactive ketones (excluding diaryl/α,β-unsaturated/α-hetero) is 1. The monoisotopic (exact) mass is 339 g/mol. The molecule has 0 aliphatic heterocycles. The number of benzene rings is 1. The average Bonchev–Trinajstić information content (AvgIpc) is 2.53. The number of methoxy groups -OCH3 is 1. The fraction of sp³-hybridized carbons (Fsp3) is 0.471. The summed E-state index contributed by atoms with van der Waals surface area (Å²) < 4.78 is 24.1. The first-order chi connectivity index (χ1) is 11.3. The molecule has 1 rings (SSSR count). The molecule has 0 heterocycles. The number of hydrogen-bond acceptors (Lipinski definition) is 5. The van der Waals surface area contributed by atoms with Crippen molar-refractivity contribution in [2.75, 3.05) is 13.7 Å². The highest BCUT2D eigenvalue weighted by molar-refractivity contribution is 5.92. The predicted octanol–water partition coefficient (Wildman–Crippen LogP) is 1.71. The molecule has 6 nitrogen and oxygen atoms in total. The van der Waals surface area contributed by atoms with E-state index in [4.69, 9.17) is 9.47 Å². The summed E-state index contributed by atoms with van der Waals surface area (Å²) in [6.07, 6.45) is -0.221. The smallest absolute Gasteiger partial charge is 0.329 e. The average molecular weight is 339 g/mol. The number of carbonyl (C=O) groups is 3. The molecule has 0 aliphatic carbocycles.